The molecule has 0 bridgehead atoms. The average molecular weight is 180 g/mol. The van der Waals surface area contributed by atoms with E-state index >= 15 is 0 Å². The van der Waals surface area contributed by atoms with Crippen LogP contribution >= 0.6 is 16.1 Å². The largest absolute Gasteiger partial charge is 0.392 e. The van der Waals surface area contributed by atoms with E-state index in [1.807, 2.05) is 3.93 Å². The van der Waals surface area contributed by atoms with E-state index in [0.717, 1.165) is 25.9 Å². The monoisotopic (exact) mass is 179 g/mol. The number of halogens is 1. The predicted molar refractivity (Wildman–Crippen MR) is 35.7 cm³/mol. The van der Waals surface area contributed by atoms with Gasteiger partial charge in [0.2, 0.25) is 0 Å². The standard InChI is InChI=1S/C5H10BrNO/c6-7-3-1-2-5(8)4-7/h5,8H,1-4H2/t5-/m1/s1. The molecule has 1 fully saturated rings. The van der Waals surface area contributed by atoms with Crippen LogP contribution in [0, 0.1) is 0 Å². The van der Waals surface area contributed by atoms with Crippen LogP contribution in [0.4, 0.5) is 0 Å². The van der Waals surface area contributed by atoms with Crippen LogP contribution in [0.1, 0.15) is 12.8 Å². The zero-order valence-electron chi connectivity index (χ0n) is 4.68. The maximum atomic E-state index is 9.01. The zero-order valence-corrected chi connectivity index (χ0v) is 6.26. The number of aliphatic hydroxyl groups excluding tert-OH is 1. The highest BCUT2D eigenvalue weighted by Crippen LogP contribution is 2.11. The molecule has 0 spiro atoms. The molecular formula is C5H10BrNO. The van der Waals surface area contributed by atoms with Gasteiger partial charge in [0.1, 0.15) is 0 Å². The maximum absolute atomic E-state index is 9.01. The molecule has 0 aromatic carbocycles. The van der Waals surface area contributed by atoms with Crippen LogP contribution in [-0.4, -0.2) is 28.2 Å². The fourth-order valence-corrected chi connectivity index (χ4v) is 1.49. The highest BCUT2D eigenvalue weighted by molar-refractivity contribution is 9.07. The van der Waals surface area contributed by atoms with Crippen molar-refractivity contribution < 1.29 is 5.11 Å². The number of β-amino-alcohol motifs (C(OH)–C–C–N with tert-alkyl or cyclic N) is 1. The maximum Gasteiger partial charge on any atom is 0.0676 e. The van der Waals surface area contributed by atoms with E-state index in [1.54, 1.807) is 0 Å². The molecule has 0 aliphatic carbocycles. The lowest BCUT2D eigenvalue weighted by atomic mass is 10.1. The SMILES string of the molecule is O[C@@H]1CCCN(Br)C1. The van der Waals surface area contributed by atoms with Crippen molar-refractivity contribution in [2.45, 2.75) is 18.9 Å². The summed E-state index contributed by atoms with van der Waals surface area (Å²) in [4.78, 5) is 0. The Morgan fingerprint density at radius 2 is 2.38 bits per heavy atom. The van der Waals surface area contributed by atoms with Gasteiger partial charge in [-0.2, -0.15) is 0 Å². The third kappa shape index (κ3) is 1.73. The molecule has 1 atom stereocenters. The summed E-state index contributed by atoms with van der Waals surface area (Å²) in [6, 6.07) is 0. The first-order valence-corrected chi connectivity index (χ1v) is 3.59. The van der Waals surface area contributed by atoms with Crippen molar-refractivity contribution >= 4 is 16.1 Å². The minimum atomic E-state index is -0.108. The van der Waals surface area contributed by atoms with E-state index in [1.165, 1.54) is 0 Å². The van der Waals surface area contributed by atoms with Gasteiger partial charge in [-0.15, -0.1) is 0 Å². The van der Waals surface area contributed by atoms with Gasteiger partial charge in [-0.1, -0.05) is 0 Å². The summed E-state index contributed by atoms with van der Waals surface area (Å²) in [7, 11) is 0. The van der Waals surface area contributed by atoms with Gasteiger partial charge in [0, 0.05) is 29.2 Å². The molecule has 0 saturated carbocycles. The second-order valence-electron chi connectivity index (χ2n) is 2.16. The lowest BCUT2D eigenvalue weighted by Gasteiger charge is -2.23. The molecule has 0 amide bonds. The molecule has 1 rings (SSSR count). The molecule has 3 heteroatoms. The first-order chi connectivity index (χ1) is 3.79. The van der Waals surface area contributed by atoms with Crippen LogP contribution in [0.2, 0.25) is 0 Å². The Morgan fingerprint density at radius 3 is 2.75 bits per heavy atom. The molecule has 0 radical (unpaired) electrons. The van der Waals surface area contributed by atoms with Gasteiger partial charge in [0.15, 0.2) is 0 Å². The van der Waals surface area contributed by atoms with E-state index in [9.17, 15) is 0 Å². The fourth-order valence-electron chi connectivity index (χ4n) is 0.910. The summed E-state index contributed by atoms with van der Waals surface area (Å²) in [6.07, 6.45) is 1.96. The van der Waals surface area contributed by atoms with Crippen molar-refractivity contribution in [1.82, 2.24) is 3.93 Å². The summed E-state index contributed by atoms with van der Waals surface area (Å²) in [5.74, 6) is 0. The minimum absolute atomic E-state index is 0.108. The number of rotatable bonds is 0. The molecule has 1 heterocycles. The molecule has 2 nitrogen and oxygen atoms in total. The Bertz CT molecular complexity index is 70.8. The highest BCUT2D eigenvalue weighted by atomic mass is 79.9. The van der Waals surface area contributed by atoms with Gasteiger partial charge in [0.25, 0.3) is 0 Å². The third-order valence-electron chi connectivity index (χ3n) is 1.35. The molecule has 0 aromatic heterocycles. The van der Waals surface area contributed by atoms with E-state index in [0.29, 0.717) is 0 Å². The van der Waals surface area contributed by atoms with Gasteiger partial charge in [0.05, 0.1) is 6.10 Å². The molecule has 1 aliphatic rings. The van der Waals surface area contributed by atoms with Crippen molar-refractivity contribution in [3.8, 4) is 0 Å². The van der Waals surface area contributed by atoms with Gasteiger partial charge in [-0.05, 0) is 12.8 Å². The predicted octanol–water partition coefficient (Wildman–Crippen LogP) is 0.753. The van der Waals surface area contributed by atoms with E-state index < -0.39 is 0 Å². The first kappa shape index (κ1) is 6.52. The third-order valence-corrected chi connectivity index (χ3v) is 1.99. The number of nitrogens with zero attached hydrogens (tertiary/aromatic N) is 1. The minimum Gasteiger partial charge on any atom is -0.392 e. The summed E-state index contributed by atoms with van der Waals surface area (Å²) in [5, 5.41) is 9.01. The normalized spacial score (nSPS) is 33.0. The summed E-state index contributed by atoms with van der Waals surface area (Å²) in [6.45, 7) is 1.84. The Labute approximate surface area is 57.8 Å². The van der Waals surface area contributed by atoms with Crippen molar-refractivity contribution in [2.24, 2.45) is 0 Å². The molecule has 1 aliphatic heterocycles. The van der Waals surface area contributed by atoms with Crippen LogP contribution in [0.15, 0.2) is 0 Å². The Kier molecular flexibility index (Phi) is 2.28. The quantitative estimate of drug-likeness (QED) is 0.556. The van der Waals surface area contributed by atoms with Crippen molar-refractivity contribution in [1.29, 1.82) is 0 Å². The lowest BCUT2D eigenvalue weighted by Crippen LogP contribution is -2.31. The number of hydrogen-bond acceptors (Lipinski definition) is 2. The molecule has 0 aromatic rings. The van der Waals surface area contributed by atoms with E-state index in [2.05, 4.69) is 16.1 Å². The van der Waals surface area contributed by atoms with Crippen LogP contribution in [0.5, 0.6) is 0 Å². The van der Waals surface area contributed by atoms with E-state index in [4.69, 9.17) is 5.11 Å². The number of hydrogen-bond donors (Lipinski definition) is 1. The van der Waals surface area contributed by atoms with E-state index in [-0.39, 0.29) is 6.10 Å². The molecule has 0 unspecified atom stereocenters. The fraction of sp³-hybridized carbons (Fsp3) is 1.00. The van der Waals surface area contributed by atoms with Gasteiger partial charge in [-0.3, -0.25) is 0 Å². The number of aliphatic hydroxyl groups is 1. The van der Waals surface area contributed by atoms with Crippen LogP contribution in [0.25, 0.3) is 0 Å². The van der Waals surface area contributed by atoms with Crippen LogP contribution < -0.4 is 0 Å². The van der Waals surface area contributed by atoms with Gasteiger partial charge in [-0.25, -0.2) is 3.93 Å². The molecule has 1 N–H and O–H groups in total. The molecule has 8 heavy (non-hydrogen) atoms. The molecule has 1 saturated heterocycles. The van der Waals surface area contributed by atoms with Crippen molar-refractivity contribution in [3.05, 3.63) is 0 Å². The molecule has 48 valence electrons. The summed E-state index contributed by atoms with van der Waals surface area (Å²) < 4.78 is 1.97. The summed E-state index contributed by atoms with van der Waals surface area (Å²) >= 11 is 3.30. The van der Waals surface area contributed by atoms with Crippen molar-refractivity contribution in [3.63, 3.8) is 0 Å². The second kappa shape index (κ2) is 2.80. The summed E-state index contributed by atoms with van der Waals surface area (Å²) in [5.41, 5.74) is 0. The van der Waals surface area contributed by atoms with Crippen LogP contribution in [-0.2, 0) is 0 Å². The Balaban J connectivity index is 2.23. The average Bonchev–Trinajstić information content (AvgIpc) is 1.64. The number of piperidine rings is 1. The van der Waals surface area contributed by atoms with Gasteiger partial charge < -0.3 is 5.11 Å². The topological polar surface area (TPSA) is 23.5 Å². The lowest BCUT2D eigenvalue weighted by molar-refractivity contribution is 0.115. The van der Waals surface area contributed by atoms with Crippen molar-refractivity contribution in [2.75, 3.05) is 13.1 Å². The first-order valence-electron chi connectivity index (χ1n) is 2.88. The van der Waals surface area contributed by atoms with Crippen LogP contribution in [0.3, 0.4) is 0 Å². The zero-order chi connectivity index (χ0) is 5.98. The molecular weight excluding hydrogens is 170 g/mol. The Hall–Kier alpha value is 0.400. The van der Waals surface area contributed by atoms with Gasteiger partial charge >= 0.3 is 0 Å². The Morgan fingerprint density at radius 1 is 1.62 bits per heavy atom. The second-order valence-corrected chi connectivity index (χ2v) is 3.17. The smallest absolute Gasteiger partial charge is 0.0676 e. The highest BCUT2D eigenvalue weighted by Gasteiger charge is 2.14.